The Bertz CT molecular complexity index is 684. The van der Waals surface area contributed by atoms with Crippen LogP contribution in [-0.4, -0.2) is 44.8 Å². The fourth-order valence-corrected chi connectivity index (χ4v) is 3.29. The van der Waals surface area contributed by atoms with Crippen LogP contribution < -0.4 is 5.32 Å². The van der Waals surface area contributed by atoms with Gasteiger partial charge in [-0.15, -0.1) is 0 Å². The summed E-state index contributed by atoms with van der Waals surface area (Å²) in [7, 11) is 0. The smallest absolute Gasteiger partial charge is 0.317 e. The summed E-state index contributed by atoms with van der Waals surface area (Å²) in [6.07, 6.45) is 5.22. The molecular formula is C19H26N4O2. The quantitative estimate of drug-likeness (QED) is 0.875. The Morgan fingerprint density at radius 2 is 2.20 bits per heavy atom. The molecule has 0 spiro atoms. The molecule has 1 aliphatic heterocycles. The number of rotatable bonds is 5. The summed E-state index contributed by atoms with van der Waals surface area (Å²) in [6.45, 7) is 4.29. The molecule has 1 aromatic heterocycles. The van der Waals surface area contributed by atoms with E-state index in [1.54, 1.807) is 18.0 Å². The van der Waals surface area contributed by atoms with Gasteiger partial charge < -0.3 is 19.9 Å². The van der Waals surface area contributed by atoms with Crippen LogP contribution in [0.2, 0.25) is 0 Å². The highest BCUT2D eigenvalue weighted by Gasteiger charge is 2.26. The minimum atomic E-state index is -0.375. The third-order valence-electron chi connectivity index (χ3n) is 4.82. The van der Waals surface area contributed by atoms with Crippen LogP contribution in [0.15, 0.2) is 42.7 Å². The van der Waals surface area contributed by atoms with E-state index in [9.17, 15) is 9.90 Å². The molecule has 25 heavy (non-hydrogen) atoms. The summed E-state index contributed by atoms with van der Waals surface area (Å²) in [4.78, 5) is 18.6. The molecule has 2 N–H and O–H groups in total. The molecule has 1 fully saturated rings. The molecule has 0 saturated carbocycles. The first kappa shape index (κ1) is 17.5. The SMILES string of the molecule is CC(O)C1CCCN(C(=O)NCc2nccn2Cc2ccccc2)C1. The molecule has 1 aromatic carbocycles. The molecule has 6 heteroatoms. The Morgan fingerprint density at radius 1 is 1.40 bits per heavy atom. The van der Waals surface area contributed by atoms with Gasteiger partial charge in [-0.05, 0) is 25.3 Å². The van der Waals surface area contributed by atoms with Gasteiger partial charge in [-0.25, -0.2) is 9.78 Å². The first-order valence-electron chi connectivity index (χ1n) is 8.88. The molecule has 0 aliphatic carbocycles. The monoisotopic (exact) mass is 342 g/mol. The Kier molecular flexibility index (Phi) is 5.71. The van der Waals surface area contributed by atoms with Gasteiger partial charge in [0.1, 0.15) is 5.82 Å². The third kappa shape index (κ3) is 4.60. The van der Waals surface area contributed by atoms with E-state index in [0.717, 1.165) is 31.8 Å². The lowest BCUT2D eigenvalue weighted by atomic mass is 9.94. The second-order valence-corrected chi connectivity index (χ2v) is 6.70. The van der Waals surface area contributed by atoms with Gasteiger partial charge in [0.15, 0.2) is 0 Å². The van der Waals surface area contributed by atoms with Crippen molar-refractivity contribution in [2.45, 2.75) is 39.0 Å². The number of aliphatic hydroxyl groups excluding tert-OH is 1. The molecule has 134 valence electrons. The molecule has 6 nitrogen and oxygen atoms in total. The van der Waals surface area contributed by atoms with E-state index in [-0.39, 0.29) is 18.1 Å². The van der Waals surface area contributed by atoms with Crippen molar-refractivity contribution in [2.24, 2.45) is 5.92 Å². The zero-order chi connectivity index (χ0) is 17.6. The summed E-state index contributed by atoms with van der Waals surface area (Å²) in [6, 6.07) is 10.1. The molecule has 2 amide bonds. The first-order valence-corrected chi connectivity index (χ1v) is 8.88. The highest BCUT2D eigenvalue weighted by molar-refractivity contribution is 5.74. The Hall–Kier alpha value is -2.34. The van der Waals surface area contributed by atoms with E-state index in [4.69, 9.17) is 0 Å². The van der Waals surface area contributed by atoms with Crippen LogP contribution in [0.4, 0.5) is 4.79 Å². The third-order valence-corrected chi connectivity index (χ3v) is 4.82. The zero-order valence-corrected chi connectivity index (χ0v) is 14.6. The summed E-state index contributed by atoms with van der Waals surface area (Å²) in [5.41, 5.74) is 1.20. The summed E-state index contributed by atoms with van der Waals surface area (Å²) >= 11 is 0. The van der Waals surface area contributed by atoms with Crippen molar-refractivity contribution < 1.29 is 9.90 Å². The molecule has 2 aromatic rings. The number of amides is 2. The second kappa shape index (κ2) is 8.16. The fraction of sp³-hybridized carbons (Fsp3) is 0.474. The van der Waals surface area contributed by atoms with Gasteiger partial charge in [-0.3, -0.25) is 0 Å². The number of nitrogens with zero attached hydrogens (tertiary/aromatic N) is 3. The second-order valence-electron chi connectivity index (χ2n) is 6.70. The predicted octanol–water partition coefficient (Wildman–Crippen LogP) is 2.23. The lowest BCUT2D eigenvalue weighted by Gasteiger charge is -2.34. The largest absolute Gasteiger partial charge is 0.393 e. The van der Waals surface area contributed by atoms with Crippen molar-refractivity contribution in [3.8, 4) is 0 Å². The Labute approximate surface area is 148 Å². The molecule has 1 saturated heterocycles. The number of piperidine rings is 1. The number of hydrogen-bond donors (Lipinski definition) is 2. The lowest BCUT2D eigenvalue weighted by Crippen LogP contribution is -2.47. The normalized spacial score (nSPS) is 18.8. The Balaban J connectivity index is 1.55. The van der Waals surface area contributed by atoms with E-state index in [2.05, 4.69) is 22.4 Å². The average Bonchev–Trinajstić information content (AvgIpc) is 3.07. The molecule has 2 heterocycles. The number of likely N-dealkylation sites (tertiary alicyclic amines) is 1. The van der Waals surface area contributed by atoms with Crippen molar-refractivity contribution >= 4 is 6.03 Å². The van der Waals surface area contributed by atoms with E-state index in [1.165, 1.54) is 5.56 Å². The molecule has 2 unspecified atom stereocenters. The number of hydrogen-bond acceptors (Lipinski definition) is 3. The minimum Gasteiger partial charge on any atom is -0.393 e. The number of benzene rings is 1. The van der Waals surface area contributed by atoms with E-state index in [1.807, 2.05) is 29.0 Å². The van der Waals surface area contributed by atoms with Crippen LogP contribution in [0.3, 0.4) is 0 Å². The van der Waals surface area contributed by atoms with Gasteiger partial charge >= 0.3 is 6.03 Å². The van der Waals surface area contributed by atoms with Crippen molar-refractivity contribution in [1.82, 2.24) is 19.8 Å². The van der Waals surface area contributed by atoms with Gasteiger partial charge in [0.05, 0.1) is 12.6 Å². The van der Waals surface area contributed by atoms with Crippen LogP contribution in [-0.2, 0) is 13.1 Å². The molecular weight excluding hydrogens is 316 g/mol. The van der Waals surface area contributed by atoms with Crippen LogP contribution in [0.25, 0.3) is 0 Å². The maximum absolute atomic E-state index is 12.4. The summed E-state index contributed by atoms with van der Waals surface area (Å²) < 4.78 is 2.05. The number of imidazole rings is 1. The lowest BCUT2D eigenvalue weighted by molar-refractivity contribution is 0.0738. The molecule has 3 rings (SSSR count). The van der Waals surface area contributed by atoms with E-state index < -0.39 is 0 Å². The zero-order valence-electron chi connectivity index (χ0n) is 14.6. The standard InChI is InChI=1S/C19H26N4O2/c1-15(24)17-8-5-10-23(14-17)19(25)21-12-18-20-9-11-22(18)13-16-6-3-2-4-7-16/h2-4,6-7,9,11,15,17,24H,5,8,10,12-14H2,1H3,(H,21,25). The highest BCUT2D eigenvalue weighted by Crippen LogP contribution is 2.19. The fourth-order valence-electron chi connectivity index (χ4n) is 3.29. The van der Waals surface area contributed by atoms with E-state index in [0.29, 0.717) is 13.1 Å². The van der Waals surface area contributed by atoms with Gasteiger partial charge in [0.25, 0.3) is 0 Å². The van der Waals surface area contributed by atoms with Gasteiger partial charge in [-0.1, -0.05) is 30.3 Å². The number of carbonyl (C=O) groups excluding carboxylic acids is 1. The first-order chi connectivity index (χ1) is 12.1. The number of aliphatic hydroxyl groups is 1. The summed E-state index contributed by atoms with van der Waals surface area (Å²) in [5.74, 6) is 1.00. The molecule has 0 radical (unpaired) electrons. The van der Waals surface area contributed by atoms with Crippen molar-refractivity contribution in [3.05, 3.63) is 54.1 Å². The van der Waals surface area contributed by atoms with E-state index >= 15 is 0 Å². The van der Waals surface area contributed by atoms with Gasteiger partial charge in [-0.2, -0.15) is 0 Å². The van der Waals surface area contributed by atoms with Gasteiger partial charge in [0, 0.05) is 37.9 Å². The predicted molar refractivity (Wildman–Crippen MR) is 96.0 cm³/mol. The van der Waals surface area contributed by atoms with Crippen molar-refractivity contribution in [1.29, 1.82) is 0 Å². The van der Waals surface area contributed by atoms with Crippen LogP contribution in [0.5, 0.6) is 0 Å². The van der Waals surface area contributed by atoms with Gasteiger partial charge in [0.2, 0.25) is 0 Å². The van der Waals surface area contributed by atoms with Crippen molar-refractivity contribution in [3.63, 3.8) is 0 Å². The van der Waals surface area contributed by atoms with Crippen molar-refractivity contribution in [2.75, 3.05) is 13.1 Å². The Morgan fingerprint density at radius 3 is 2.96 bits per heavy atom. The molecule has 1 aliphatic rings. The van der Waals surface area contributed by atoms with Crippen LogP contribution >= 0.6 is 0 Å². The maximum Gasteiger partial charge on any atom is 0.317 e. The van der Waals surface area contributed by atoms with Crippen LogP contribution in [0, 0.1) is 5.92 Å². The number of urea groups is 1. The molecule has 2 atom stereocenters. The number of aromatic nitrogens is 2. The summed E-state index contributed by atoms with van der Waals surface area (Å²) in [5, 5.41) is 12.7. The molecule has 0 bridgehead atoms. The topological polar surface area (TPSA) is 70.4 Å². The van der Waals surface area contributed by atoms with Crippen LogP contribution in [0.1, 0.15) is 31.2 Å². The average molecular weight is 342 g/mol. The highest BCUT2D eigenvalue weighted by atomic mass is 16.3. The maximum atomic E-state index is 12.4. The number of carbonyl (C=O) groups is 1. The minimum absolute atomic E-state index is 0.0837. The number of nitrogens with one attached hydrogen (secondary N) is 1.